The highest BCUT2D eigenvalue weighted by molar-refractivity contribution is 5.29. The van der Waals surface area contributed by atoms with E-state index in [4.69, 9.17) is 11.2 Å². The summed E-state index contributed by atoms with van der Waals surface area (Å²) in [5.74, 6) is 2.78. The van der Waals surface area contributed by atoms with E-state index in [1.165, 1.54) is 19.3 Å². The second-order valence-electron chi connectivity index (χ2n) is 5.50. The van der Waals surface area contributed by atoms with Gasteiger partial charge in [0.25, 0.3) is 0 Å². The summed E-state index contributed by atoms with van der Waals surface area (Å²) in [6.45, 7) is 4.89. The number of ether oxygens (including phenoxy) is 1. The zero-order chi connectivity index (χ0) is 15.4. The molecule has 0 aliphatic carbocycles. The summed E-state index contributed by atoms with van der Waals surface area (Å²) in [5.41, 5.74) is 0.435. The molecule has 1 aromatic carbocycles. The summed E-state index contributed by atoms with van der Waals surface area (Å²) in [5, 5.41) is 0. The molecule has 1 heteroatoms. The SMILES string of the molecule is C#CC(C)(OCCCC/C=C/CCCC)c1ccccc1. The topological polar surface area (TPSA) is 9.23 Å². The van der Waals surface area contributed by atoms with Crippen molar-refractivity contribution in [2.24, 2.45) is 0 Å². The van der Waals surface area contributed by atoms with Gasteiger partial charge in [-0.05, 0) is 38.2 Å². The smallest absolute Gasteiger partial charge is 0.151 e. The Morgan fingerprint density at radius 2 is 1.76 bits per heavy atom. The summed E-state index contributed by atoms with van der Waals surface area (Å²) < 4.78 is 5.95. The molecule has 1 atom stereocenters. The molecular formula is C20H28O. The Labute approximate surface area is 130 Å². The summed E-state index contributed by atoms with van der Waals surface area (Å²) in [6.07, 6.45) is 17.3. The van der Waals surface area contributed by atoms with Crippen LogP contribution in [-0.2, 0) is 10.3 Å². The van der Waals surface area contributed by atoms with Gasteiger partial charge in [-0.25, -0.2) is 0 Å². The molecule has 0 radical (unpaired) electrons. The standard InChI is InChI=1S/C20H28O/c1-4-6-7-8-9-10-11-15-18-21-20(3,5-2)19-16-13-12-14-17-19/h2,8-9,12-14,16-17H,4,6-7,10-11,15,18H2,1,3H3/b9-8+. The van der Waals surface area contributed by atoms with E-state index < -0.39 is 5.60 Å². The molecule has 0 aliphatic rings. The second-order valence-corrected chi connectivity index (χ2v) is 5.50. The molecule has 0 bridgehead atoms. The molecule has 0 saturated heterocycles. The van der Waals surface area contributed by atoms with Gasteiger partial charge in [-0.15, -0.1) is 6.42 Å². The highest BCUT2D eigenvalue weighted by Gasteiger charge is 2.23. The van der Waals surface area contributed by atoms with Crippen LogP contribution in [0.2, 0.25) is 0 Å². The molecule has 0 aliphatic heterocycles. The van der Waals surface area contributed by atoms with Crippen LogP contribution < -0.4 is 0 Å². The first-order valence-electron chi connectivity index (χ1n) is 8.05. The molecule has 0 aromatic heterocycles. The molecular weight excluding hydrogens is 256 g/mol. The minimum absolute atomic E-state index is 0.613. The number of rotatable bonds is 10. The summed E-state index contributed by atoms with van der Waals surface area (Å²) in [6, 6.07) is 10.0. The van der Waals surface area contributed by atoms with E-state index in [1.807, 2.05) is 37.3 Å². The van der Waals surface area contributed by atoms with Gasteiger partial charge in [-0.1, -0.05) is 68.2 Å². The van der Waals surface area contributed by atoms with Gasteiger partial charge >= 0.3 is 0 Å². The fourth-order valence-electron chi connectivity index (χ4n) is 2.16. The lowest BCUT2D eigenvalue weighted by Crippen LogP contribution is -2.24. The average Bonchev–Trinajstić information content (AvgIpc) is 2.54. The van der Waals surface area contributed by atoms with E-state index in [0.29, 0.717) is 6.61 Å². The summed E-state index contributed by atoms with van der Waals surface area (Å²) in [4.78, 5) is 0. The van der Waals surface area contributed by atoms with Crippen LogP contribution in [0.4, 0.5) is 0 Å². The van der Waals surface area contributed by atoms with Crippen LogP contribution >= 0.6 is 0 Å². The van der Waals surface area contributed by atoms with Crippen molar-refractivity contribution >= 4 is 0 Å². The van der Waals surface area contributed by atoms with E-state index in [2.05, 4.69) is 25.0 Å². The lowest BCUT2D eigenvalue weighted by molar-refractivity contribution is 0.00799. The number of hydrogen-bond donors (Lipinski definition) is 0. The summed E-state index contributed by atoms with van der Waals surface area (Å²) >= 11 is 0. The molecule has 1 aromatic rings. The predicted octanol–water partition coefficient (Wildman–Crippen LogP) is 5.47. The average molecular weight is 284 g/mol. The van der Waals surface area contributed by atoms with Crippen LogP contribution in [0.25, 0.3) is 0 Å². The van der Waals surface area contributed by atoms with Crippen molar-refractivity contribution in [3.63, 3.8) is 0 Å². The molecule has 1 rings (SSSR count). The van der Waals surface area contributed by atoms with Crippen LogP contribution in [0.5, 0.6) is 0 Å². The van der Waals surface area contributed by atoms with E-state index in [0.717, 1.165) is 24.8 Å². The molecule has 1 unspecified atom stereocenters. The van der Waals surface area contributed by atoms with E-state index in [-0.39, 0.29) is 0 Å². The quantitative estimate of drug-likeness (QED) is 0.314. The van der Waals surface area contributed by atoms with Crippen LogP contribution in [-0.4, -0.2) is 6.61 Å². The molecule has 0 amide bonds. The van der Waals surface area contributed by atoms with Gasteiger partial charge in [0.2, 0.25) is 0 Å². The third-order valence-corrected chi connectivity index (χ3v) is 3.65. The van der Waals surface area contributed by atoms with Crippen LogP contribution in [0.1, 0.15) is 57.9 Å². The molecule has 0 fully saturated rings. The maximum atomic E-state index is 5.95. The lowest BCUT2D eigenvalue weighted by Gasteiger charge is -2.24. The Balaban J connectivity index is 2.25. The third-order valence-electron chi connectivity index (χ3n) is 3.65. The lowest BCUT2D eigenvalue weighted by atomic mass is 9.97. The monoisotopic (exact) mass is 284 g/mol. The summed E-state index contributed by atoms with van der Waals surface area (Å²) in [7, 11) is 0. The molecule has 1 nitrogen and oxygen atoms in total. The Morgan fingerprint density at radius 1 is 1.10 bits per heavy atom. The van der Waals surface area contributed by atoms with Gasteiger partial charge in [0.1, 0.15) is 0 Å². The van der Waals surface area contributed by atoms with E-state index in [1.54, 1.807) is 0 Å². The molecule has 114 valence electrons. The number of terminal acetylenes is 1. The van der Waals surface area contributed by atoms with Crippen LogP contribution in [0.3, 0.4) is 0 Å². The normalized spacial score (nSPS) is 14.0. The molecule has 0 spiro atoms. The number of unbranched alkanes of at least 4 members (excludes halogenated alkanes) is 4. The zero-order valence-corrected chi connectivity index (χ0v) is 13.5. The Hall–Kier alpha value is -1.52. The maximum Gasteiger partial charge on any atom is 0.151 e. The van der Waals surface area contributed by atoms with Gasteiger partial charge < -0.3 is 4.74 Å². The van der Waals surface area contributed by atoms with Crippen LogP contribution in [0, 0.1) is 12.3 Å². The highest BCUT2D eigenvalue weighted by atomic mass is 16.5. The third kappa shape index (κ3) is 6.65. The van der Waals surface area contributed by atoms with Crippen molar-refractivity contribution < 1.29 is 4.74 Å². The Kier molecular flexibility index (Phi) is 8.55. The maximum absolute atomic E-state index is 5.95. The minimum atomic E-state index is -0.613. The van der Waals surface area contributed by atoms with Crippen molar-refractivity contribution in [2.75, 3.05) is 6.61 Å². The van der Waals surface area contributed by atoms with Crippen molar-refractivity contribution in [1.82, 2.24) is 0 Å². The second kappa shape index (κ2) is 10.2. The van der Waals surface area contributed by atoms with Gasteiger partial charge in [0, 0.05) is 6.61 Å². The zero-order valence-electron chi connectivity index (χ0n) is 13.5. The largest absolute Gasteiger partial charge is 0.358 e. The molecule has 0 N–H and O–H groups in total. The molecule has 0 heterocycles. The van der Waals surface area contributed by atoms with Crippen molar-refractivity contribution in [3.05, 3.63) is 48.0 Å². The van der Waals surface area contributed by atoms with Crippen molar-refractivity contribution in [1.29, 1.82) is 0 Å². The van der Waals surface area contributed by atoms with E-state index in [9.17, 15) is 0 Å². The first-order chi connectivity index (χ1) is 10.2. The van der Waals surface area contributed by atoms with Gasteiger partial charge in [-0.3, -0.25) is 0 Å². The number of hydrogen-bond acceptors (Lipinski definition) is 1. The number of benzene rings is 1. The van der Waals surface area contributed by atoms with Crippen molar-refractivity contribution in [2.45, 2.75) is 58.0 Å². The first kappa shape index (κ1) is 17.5. The van der Waals surface area contributed by atoms with Gasteiger partial charge in [0.15, 0.2) is 5.60 Å². The van der Waals surface area contributed by atoms with E-state index >= 15 is 0 Å². The number of allylic oxidation sites excluding steroid dienone is 2. The highest BCUT2D eigenvalue weighted by Crippen LogP contribution is 2.24. The van der Waals surface area contributed by atoms with Gasteiger partial charge in [0.05, 0.1) is 0 Å². The van der Waals surface area contributed by atoms with Crippen molar-refractivity contribution in [3.8, 4) is 12.3 Å². The Bertz CT molecular complexity index is 441. The first-order valence-corrected chi connectivity index (χ1v) is 8.05. The fraction of sp³-hybridized carbons (Fsp3) is 0.500. The molecule has 0 saturated carbocycles. The minimum Gasteiger partial charge on any atom is -0.358 e. The molecule has 21 heavy (non-hydrogen) atoms. The van der Waals surface area contributed by atoms with Gasteiger partial charge in [-0.2, -0.15) is 0 Å². The predicted molar refractivity (Wildman–Crippen MR) is 91.1 cm³/mol. The van der Waals surface area contributed by atoms with Crippen LogP contribution in [0.15, 0.2) is 42.5 Å². The Morgan fingerprint density at radius 3 is 2.38 bits per heavy atom. The fourth-order valence-corrected chi connectivity index (χ4v) is 2.16.